The maximum Gasteiger partial charge on any atom is 0.0802 e. The molecule has 0 aromatic carbocycles. The van der Waals surface area contributed by atoms with E-state index in [2.05, 4.69) is 21.1 Å². The number of aliphatic hydroxyl groups is 1. The fraction of sp³-hybridized carbons (Fsp3) is 1.00. The van der Waals surface area contributed by atoms with E-state index in [-0.39, 0.29) is 12.4 Å². The molecule has 0 heterocycles. The van der Waals surface area contributed by atoms with E-state index < -0.39 is 0 Å². The molecule has 0 saturated heterocycles. The first-order valence-electron chi connectivity index (χ1n) is 3.97. The summed E-state index contributed by atoms with van der Waals surface area (Å²) in [5.41, 5.74) is 0. The Morgan fingerprint density at radius 1 is 1.09 bits per heavy atom. The Morgan fingerprint density at radius 3 is 1.55 bits per heavy atom. The van der Waals surface area contributed by atoms with Crippen molar-refractivity contribution in [2.75, 3.05) is 34.3 Å². The van der Waals surface area contributed by atoms with Crippen molar-refractivity contribution in [1.29, 1.82) is 0 Å². The molecule has 0 saturated carbocycles. The van der Waals surface area contributed by atoms with E-state index in [1.807, 2.05) is 13.8 Å². The molecular weight excluding hydrogens is 162 g/mol. The lowest BCUT2D eigenvalue weighted by atomic mass is 10.4. The number of rotatable bonds is 3. The van der Waals surface area contributed by atoms with Crippen LogP contribution >= 0.6 is 0 Å². The van der Waals surface area contributed by atoms with Crippen LogP contribution in [0.1, 0.15) is 20.3 Å². The Labute approximate surface area is 77.2 Å². The fourth-order valence-electron chi connectivity index (χ4n) is 0.545. The molecule has 0 aromatic rings. The smallest absolute Gasteiger partial charge is 0.0802 e. The van der Waals surface area contributed by atoms with Gasteiger partial charge >= 0.3 is 0 Å². The fourth-order valence-corrected chi connectivity index (χ4v) is 0.545. The zero-order valence-electron chi connectivity index (χ0n) is 8.39. The maximum absolute atomic E-state index is 8.42. The third kappa shape index (κ3) is 25.4. The minimum Gasteiger partial charge on any atom is -1.00 e. The van der Waals surface area contributed by atoms with Crippen molar-refractivity contribution in [3.05, 3.63) is 0 Å². The van der Waals surface area contributed by atoms with Crippen molar-refractivity contribution >= 4 is 0 Å². The summed E-state index contributed by atoms with van der Waals surface area (Å²) >= 11 is 0. The lowest BCUT2D eigenvalue weighted by Crippen LogP contribution is -3.00. The van der Waals surface area contributed by atoms with Crippen molar-refractivity contribution < 1.29 is 22.0 Å². The zero-order chi connectivity index (χ0) is 8.62. The first kappa shape index (κ1) is 17.3. The van der Waals surface area contributed by atoms with Crippen molar-refractivity contribution in [2.45, 2.75) is 20.3 Å². The molecule has 11 heavy (non-hydrogen) atoms. The van der Waals surface area contributed by atoms with Crippen molar-refractivity contribution in [3.8, 4) is 0 Å². The van der Waals surface area contributed by atoms with Gasteiger partial charge in [0.1, 0.15) is 0 Å². The molecule has 0 aliphatic rings. The van der Waals surface area contributed by atoms with Gasteiger partial charge in [-0.05, 0) is 0 Å². The summed E-state index contributed by atoms with van der Waals surface area (Å²) in [6, 6.07) is 0. The van der Waals surface area contributed by atoms with Crippen molar-refractivity contribution in [1.82, 2.24) is 0 Å². The largest absolute Gasteiger partial charge is 1.00 e. The van der Waals surface area contributed by atoms with Gasteiger partial charge in [-0.3, -0.25) is 0 Å². The van der Waals surface area contributed by atoms with Gasteiger partial charge in [0.15, 0.2) is 0 Å². The average molecular weight is 184 g/mol. The van der Waals surface area contributed by atoms with E-state index in [1.165, 1.54) is 0 Å². The van der Waals surface area contributed by atoms with Gasteiger partial charge in [-0.1, -0.05) is 13.8 Å². The molecule has 2 nitrogen and oxygen atoms in total. The van der Waals surface area contributed by atoms with Crippen LogP contribution < -0.4 is 12.4 Å². The van der Waals surface area contributed by atoms with Gasteiger partial charge in [-0.2, -0.15) is 0 Å². The molecule has 0 fully saturated rings. The Balaban J connectivity index is -0.000000196. The summed E-state index contributed by atoms with van der Waals surface area (Å²) < 4.78 is 0.945. The van der Waals surface area contributed by atoms with Crippen LogP contribution in [0.2, 0.25) is 0 Å². The highest BCUT2D eigenvalue weighted by Gasteiger charge is 2.03. The van der Waals surface area contributed by atoms with Gasteiger partial charge in [0.05, 0.1) is 27.7 Å². The van der Waals surface area contributed by atoms with Gasteiger partial charge in [0.25, 0.3) is 0 Å². The molecule has 0 rings (SSSR count). The highest BCUT2D eigenvalue weighted by atomic mass is 35.5. The molecule has 0 radical (unpaired) electrons. The number of aliphatic hydroxyl groups excluding tert-OH is 1. The molecule has 72 valence electrons. The molecular formula is C8H22ClNO. The van der Waals surface area contributed by atoms with Crippen LogP contribution in [0.25, 0.3) is 0 Å². The van der Waals surface area contributed by atoms with E-state index in [0.717, 1.165) is 17.4 Å². The molecule has 1 N–H and O–H groups in total. The average Bonchev–Trinajstić information content (AvgIpc) is 1.87. The van der Waals surface area contributed by atoms with Crippen LogP contribution in [0.5, 0.6) is 0 Å². The van der Waals surface area contributed by atoms with Crippen molar-refractivity contribution in [3.63, 3.8) is 0 Å². The molecule has 0 aliphatic heterocycles. The van der Waals surface area contributed by atoms with E-state index in [9.17, 15) is 0 Å². The predicted molar refractivity (Wildman–Crippen MR) is 46.0 cm³/mol. The second kappa shape index (κ2) is 10.2. The van der Waals surface area contributed by atoms with Crippen molar-refractivity contribution in [2.24, 2.45) is 0 Å². The van der Waals surface area contributed by atoms with Crippen LogP contribution in [0.15, 0.2) is 0 Å². The second-order valence-corrected chi connectivity index (χ2v) is 3.09. The SMILES string of the molecule is CC.C[N+](C)(C)CCCO.[Cl-]. The van der Waals surface area contributed by atoms with E-state index in [1.54, 1.807) is 0 Å². The first-order valence-corrected chi connectivity index (χ1v) is 3.97. The van der Waals surface area contributed by atoms with E-state index in [4.69, 9.17) is 5.11 Å². The van der Waals surface area contributed by atoms with Gasteiger partial charge in [-0.15, -0.1) is 0 Å². The molecule has 0 bridgehead atoms. The summed E-state index contributed by atoms with van der Waals surface area (Å²) in [5.74, 6) is 0. The summed E-state index contributed by atoms with van der Waals surface area (Å²) in [6.45, 7) is 5.37. The minimum absolute atomic E-state index is 0. The number of halogens is 1. The minimum atomic E-state index is 0. The zero-order valence-corrected chi connectivity index (χ0v) is 9.15. The maximum atomic E-state index is 8.42. The normalized spacial score (nSPS) is 9.27. The number of hydrogen-bond acceptors (Lipinski definition) is 1. The summed E-state index contributed by atoms with van der Waals surface area (Å²) in [5, 5.41) is 8.42. The lowest BCUT2D eigenvalue weighted by Gasteiger charge is -2.22. The van der Waals surface area contributed by atoms with Gasteiger partial charge in [0, 0.05) is 13.0 Å². The Morgan fingerprint density at radius 2 is 1.45 bits per heavy atom. The molecule has 0 atom stereocenters. The monoisotopic (exact) mass is 183 g/mol. The van der Waals surface area contributed by atoms with Gasteiger partial charge < -0.3 is 22.0 Å². The Bertz CT molecular complexity index is 61.6. The molecule has 3 heteroatoms. The third-order valence-corrected chi connectivity index (χ3v) is 0.987. The summed E-state index contributed by atoms with van der Waals surface area (Å²) in [7, 11) is 6.36. The van der Waals surface area contributed by atoms with Gasteiger partial charge in [-0.25, -0.2) is 0 Å². The quantitative estimate of drug-likeness (QED) is 0.508. The van der Waals surface area contributed by atoms with E-state index in [0.29, 0.717) is 6.61 Å². The van der Waals surface area contributed by atoms with Crippen LogP contribution in [0.4, 0.5) is 0 Å². The Hall–Kier alpha value is 0.210. The Kier molecular flexibility index (Phi) is 16.1. The number of nitrogens with zero attached hydrogens (tertiary/aromatic N) is 1. The lowest BCUT2D eigenvalue weighted by molar-refractivity contribution is -0.870. The molecule has 0 unspecified atom stereocenters. The highest BCUT2D eigenvalue weighted by molar-refractivity contribution is 4.28. The predicted octanol–water partition coefficient (Wildman–Crippen LogP) is -1.89. The van der Waals surface area contributed by atoms with Crippen LogP contribution in [-0.4, -0.2) is 43.9 Å². The number of hydrogen-bond donors (Lipinski definition) is 1. The highest BCUT2D eigenvalue weighted by Crippen LogP contribution is 1.90. The molecule has 0 aromatic heterocycles. The molecule has 0 spiro atoms. The third-order valence-electron chi connectivity index (χ3n) is 0.987. The van der Waals surface area contributed by atoms with Crippen LogP contribution in [-0.2, 0) is 0 Å². The van der Waals surface area contributed by atoms with E-state index >= 15 is 0 Å². The topological polar surface area (TPSA) is 20.2 Å². The summed E-state index contributed by atoms with van der Waals surface area (Å²) in [4.78, 5) is 0. The number of quaternary nitrogens is 1. The summed E-state index contributed by atoms with van der Waals surface area (Å²) in [6.07, 6.45) is 0.906. The van der Waals surface area contributed by atoms with Crippen LogP contribution in [0, 0.1) is 0 Å². The second-order valence-electron chi connectivity index (χ2n) is 3.09. The van der Waals surface area contributed by atoms with Crippen LogP contribution in [0.3, 0.4) is 0 Å². The molecule has 0 aliphatic carbocycles. The van der Waals surface area contributed by atoms with Gasteiger partial charge in [0.2, 0.25) is 0 Å². The first-order chi connectivity index (χ1) is 4.56. The molecule has 0 amide bonds. The standard InChI is InChI=1S/C6H16NO.C2H6.ClH/c1-7(2,3)5-4-6-8;1-2;/h8H,4-6H2,1-3H3;1-2H3;1H/q+1;;/p-1.